The third-order valence-electron chi connectivity index (χ3n) is 5.45. The molecule has 0 aliphatic carbocycles. The van der Waals surface area contributed by atoms with E-state index < -0.39 is 0 Å². The third kappa shape index (κ3) is 4.54. The van der Waals surface area contributed by atoms with Crippen LogP contribution in [0.15, 0.2) is 41.5 Å². The maximum Gasteiger partial charge on any atom is 0.193 e. The van der Waals surface area contributed by atoms with Gasteiger partial charge in [0.25, 0.3) is 0 Å². The van der Waals surface area contributed by atoms with Gasteiger partial charge >= 0.3 is 0 Å². The van der Waals surface area contributed by atoms with Crippen LogP contribution in [0.25, 0.3) is 0 Å². The summed E-state index contributed by atoms with van der Waals surface area (Å²) in [6, 6.07) is 11.1. The van der Waals surface area contributed by atoms with Crippen molar-refractivity contribution < 1.29 is 4.74 Å². The number of likely N-dealkylation sites (tertiary alicyclic amines) is 1. The highest BCUT2D eigenvalue weighted by Crippen LogP contribution is 2.24. The standard InChI is InChI=1S/C21H29N5OS/c1-16-12-24-20(28-16)8-9-23-21(22-2)26-14-18-19(15-26)27-11-10-25(18)13-17-6-4-3-5-7-17/h3-7,12,18-19H,8-11,13-15H2,1-2H3,(H,22,23). The molecule has 2 aliphatic heterocycles. The molecule has 2 fully saturated rings. The Balaban J connectivity index is 1.34. The summed E-state index contributed by atoms with van der Waals surface area (Å²) in [5, 5.41) is 4.69. The summed E-state index contributed by atoms with van der Waals surface area (Å²) < 4.78 is 6.10. The SMILES string of the molecule is CN=C(NCCc1ncc(C)s1)N1CC2OCCN(Cc3ccccc3)C2C1. The van der Waals surface area contributed by atoms with E-state index in [0.29, 0.717) is 6.04 Å². The molecule has 2 aliphatic rings. The number of morpholine rings is 1. The Morgan fingerprint density at radius 3 is 2.93 bits per heavy atom. The Labute approximate surface area is 171 Å². The van der Waals surface area contributed by atoms with E-state index in [-0.39, 0.29) is 6.10 Å². The Kier molecular flexibility index (Phi) is 6.24. The lowest BCUT2D eigenvalue weighted by Gasteiger charge is -2.36. The summed E-state index contributed by atoms with van der Waals surface area (Å²) in [7, 11) is 1.86. The van der Waals surface area contributed by atoms with Gasteiger partial charge in [-0.2, -0.15) is 0 Å². The molecule has 150 valence electrons. The predicted octanol–water partition coefficient (Wildman–Crippen LogP) is 2.15. The van der Waals surface area contributed by atoms with E-state index in [1.165, 1.54) is 15.4 Å². The van der Waals surface area contributed by atoms with E-state index in [9.17, 15) is 0 Å². The summed E-state index contributed by atoms with van der Waals surface area (Å²) in [5.41, 5.74) is 1.36. The van der Waals surface area contributed by atoms with Gasteiger partial charge in [0.2, 0.25) is 0 Å². The molecule has 0 amide bonds. The number of nitrogens with one attached hydrogen (secondary N) is 1. The number of aliphatic imine (C=N–C) groups is 1. The number of thiazole rings is 1. The highest BCUT2D eigenvalue weighted by Gasteiger charge is 2.41. The van der Waals surface area contributed by atoms with Crippen LogP contribution in [0.2, 0.25) is 0 Å². The lowest BCUT2D eigenvalue weighted by Crippen LogP contribution is -2.50. The number of guanidine groups is 1. The topological polar surface area (TPSA) is 53.0 Å². The van der Waals surface area contributed by atoms with E-state index in [1.54, 1.807) is 11.3 Å². The summed E-state index contributed by atoms with van der Waals surface area (Å²) in [5.74, 6) is 0.964. The molecule has 28 heavy (non-hydrogen) atoms. The molecular weight excluding hydrogens is 370 g/mol. The fourth-order valence-electron chi connectivity index (χ4n) is 4.08. The molecule has 2 saturated heterocycles. The van der Waals surface area contributed by atoms with E-state index in [4.69, 9.17) is 4.74 Å². The van der Waals surface area contributed by atoms with Crippen LogP contribution in [0.3, 0.4) is 0 Å². The van der Waals surface area contributed by atoms with E-state index in [0.717, 1.165) is 51.7 Å². The van der Waals surface area contributed by atoms with Gasteiger partial charge in [0, 0.05) is 57.3 Å². The van der Waals surface area contributed by atoms with Crippen LogP contribution in [0, 0.1) is 6.92 Å². The molecule has 2 unspecified atom stereocenters. The molecule has 6 nitrogen and oxygen atoms in total. The zero-order valence-electron chi connectivity index (χ0n) is 16.7. The number of aromatic nitrogens is 1. The van der Waals surface area contributed by atoms with Gasteiger partial charge in [-0.15, -0.1) is 11.3 Å². The van der Waals surface area contributed by atoms with Gasteiger partial charge in [-0.25, -0.2) is 4.98 Å². The summed E-state index contributed by atoms with van der Waals surface area (Å²) in [6.07, 6.45) is 3.12. The van der Waals surface area contributed by atoms with Crippen molar-refractivity contribution in [1.29, 1.82) is 0 Å². The fourth-order valence-corrected chi connectivity index (χ4v) is 4.86. The van der Waals surface area contributed by atoms with Crippen LogP contribution >= 0.6 is 11.3 Å². The van der Waals surface area contributed by atoms with Crippen LogP contribution in [0.4, 0.5) is 0 Å². The second kappa shape index (κ2) is 9.03. The number of aryl methyl sites for hydroxylation is 1. The Morgan fingerprint density at radius 2 is 2.18 bits per heavy atom. The molecule has 0 saturated carbocycles. The number of hydrogen-bond acceptors (Lipinski definition) is 5. The highest BCUT2D eigenvalue weighted by atomic mass is 32.1. The number of rotatable bonds is 5. The fraction of sp³-hybridized carbons (Fsp3) is 0.524. The first-order valence-electron chi connectivity index (χ1n) is 9.99. The van der Waals surface area contributed by atoms with Crippen LogP contribution in [0.5, 0.6) is 0 Å². The molecule has 7 heteroatoms. The molecule has 0 spiro atoms. The molecule has 2 atom stereocenters. The molecular formula is C21H29N5OS. The first-order chi connectivity index (χ1) is 13.7. The number of fused-ring (bicyclic) bond motifs is 1. The maximum atomic E-state index is 6.10. The molecule has 1 N–H and O–H groups in total. The van der Waals surface area contributed by atoms with Gasteiger partial charge < -0.3 is 15.0 Å². The summed E-state index contributed by atoms with van der Waals surface area (Å²) in [4.78, 5) is 15.1. The van der Waals surface area contributed by atoms with Gasteiger partial charge in [-0.3, -0.25) is 9.89 Å². The third-order valence-corrected chi connectivity index (χ3v) is 6.42. The first-order valence-corrected chi connectivity index (χ1v) is 10.8. The molecule has 1 aromatic heterocycles. The van der Waals surface area contributed by atoms with Crippen molar-refractivity contribution in [2.75, 3.05) is 39.8 Å². The highest BCUT2D eigenvalue weighted by molar-refractivity contribution is 7.11. The monoisotopic (exact) mass is 399 g/mol. The van der Waals surface area contributed by atoms with Crippen LogP contribution in [-0.2, 0) is 17.7 Å². The van der Waals surface area contributed by atoms with Gasteiger partial charge in [0.15, 0.2) is 5.96 Å². The van der Waals surface area contributed by atoms with Crippen LogP contribution in [0.1, 0.15) is 15.4 Å². The number of nitrogens with zero attached hydrogens (tertiary/aromatic N) is 4. The summed E-state index contributed by atoms with van der Waals surface area (Å²) >= 11 is 1.77. The first kappa shape index (κ1) is 19.4. The molecule has 2 aromatic rings. The lowest BCUT2D eigenvalue weighted by molar-refractivity contribution is -0.0502. The van der Waals surface area contributed by atoms with Crippen molar-refractivity contribution in [3.05, 3.63) is 52.0 Å². The predicted molar refractivity (Wildman–Crippen MR) is 114 cm³/mol. The molecule has 1 aromatic carbocycles. The van der Waals surface area contributed by atoms with E-state index in [1.807, 2.05) is 13.2 Å². The van der Waals surface area contributed by atoms with Gasteiger partial charge in [-0.1, -0.05) is 30.3 Å². The normalized spacial score (nSPS) is 23.1. The Hall–Kier alpha value is -1.96. The zero-order valence-corrected chi connectivity index (χ0v) is 17.5. The summed E-state index contributed by atoms with van der Waals surface area (Å²) in [6.45, 7) is 7.56. The van der Waals surface area contributed by atoms with Gasteiger partial charge in [0.05, 0.1) is 23.8 Å². The van der Waals surface area contributed by atoms with Gasteiger partial charge in [0.1, 0.15) is 0 Å². The van der Waals surface area contributed by atoms with Crippen molar-refractivity contribution in [2.45, 2.75) is 32.0 Å². The molecule has 0 radical (unpaired) electrons. The quantitative estimate of drug-likeness (QED) is 0.617. The maximum absolute atomic E-state index is 6.10. The largest absolute Gasteiger partial charge is 0.373 e. The molecule has 4 rings (SSSR count). The minimum atomic E-state index is 0.248. The zero-order chi connectivity index (χ0) is 19.3. The average Bonchev–Trinajstić information content (AvgIpc) is 3.33. The van der Waals surface area contributed by atoms with Crippen molar-refractivity contribution in [2.24, 2.45) is 4.99 Å². The second-order valence-electron chi connectivity index (χ2n) is 7.43. The van der Waals surface area contributed by atoms with E-state index in [2.05, 4.69) is 62.3 Å². The van der Waals surface area contributed by atoms with E-state index >= 15 is 0 Å². The lowest BCUT2D eigenvalue weighted by atomic mass is 10.1. The Bertz CT molecular complexity index is 793. The Morgan fingerprint density at radius 1 is 1.32 bits per heavy atom. The number of hydrogen-bond donors (Lipinski definition) is 1. The second-order valence-corrected chi connectivity index (χ2v) is 8.75. The minimum absolute atomic E-state index is 0.248. The van der Waals surface area contributed by atoms with Crippen molar-refractivity contribution in [3.8, 4) is 0 Å². The minimum Gasteiger partial charge on any atom is -0.373 e. The van der Waals surface area contributed by atoms with Gasteiger partial charge in [-0.05, 0) is 12.5 Å². The number of ether oxygens (including phenoxy) is 1. The smallest absolute Gasteiger partial charge is 0.193 e. The number of benzene rings is 1. The van der Waals surface area contributed by atoms with Crippen molar-refractivity contribution in [3.63, 3.8) is 0 Å². The molecule has 3 heterocycles. The average molecular weight is 400 g/mol. The van der Waals surface area contributed by atoms with Crippen LogP contribution < -0.4 is 5.32 Å². The van der Waals surface area contributed by atoms with Crippen molar-refractivity contribution in [1.82, 2.24) is 20.1 Å². The van der Waals surface area contributed by atoms with Crippen LogP contribution in [-0.4, -0.2) is 72.7 Å². The van der Waals surface area contributed by atoms with Crippen molar-refractivity contribution >= 4 is 17.3 Å². The molecule has 0 bridgehead atoms.